The number of carboxylic acid groups (broad SMARTS) is 1. The highest BCUT2D eigenvalue weighted by Gasteiger charge is 2.26. The summed E-state index contributed by atoms with van der Waals surface area (Å²) in [4.78, 5) is 23.3. The Balaban J connectivity index is 2.71. The topological polar surface area (TPSA) is 66.4 Å². The van der Waals surface area contributed by atoms with E-state index in [9.17, 15) is 18.4 Å². The van der Waals surface area contributed by atoms with E-state index in [1.54, 1.807) is 18.2 Å². The highest BCUT2D eigenvalue weighted by Crippen LogP contribution is 2.32. The molecule has 0 fully saturated rings. The number of hydrogen-bond donors (Lipinski definition) is 2. The number of carbonyl (C=O) groups is 2. The summed E-state index contributed by atoms with van der Waals surface area (Å²) >= 11 is 12.9. The first-order chi connectivity index (χ1) is 10.2. The number of rotatable bonds is 7. The number of thioether (sulfide) groups is 1. The van der Waals surface area contributed by atoms with E-state index >= 15 is 0 Å². The van der Waals surface area contributed by atoms with Crippen molar-refractivity contribution < 1.29 is 23.5 Å². The van der Waals surface area contributed by atoms with Gasteiger partial charge in [-0.05, 0) is 25.1 Å². The van der Waals surface area contributed by atoms with Crippen LogP contribution in [-0.4, -0.2) is 34.7 Å². The van der Waals surface area contributed by atoms with E-state index in [0.29, 0.717) is 14.9 Å². The van der Waals surface area contributed by atoms with E-state index < -0.39 is 36.0 Å². The molecule has 22 heavy (non-hydrogen) atoms. The molecule has 1 amide bonds. The van der Waals surface area contributed by atoms with Crippen molar-refractivity contribution in [1.29, 1.82) is 0 Å². The third-order valence-corrected chi connectivity index (χ3v) is 4.43. The van der Waals surface area contributed by atoms with Crippen LogP contribution >= 0.6 is 35.0 Å². The molecule has 9 heteroatoms. The molecule has 0 aromatic heterocycles. The van der Waals surface area contributed by atoms with Gasteiger partial charge in [0.05, 0.1) is 10.3 Å². The fraction of sp³-hybridized carbons (Fsp3) is 0.385. The molecule has 0 saturated carbocycles. The number of alkyl halides is 2. The lowest BCUT2D eigenvalue weighted by Crippen LogP contribution is -2.45. The Labute approximate surface area is 140 Å². The number of carbonyl (C=O) groups excluding carboxylic acids is 1. The van der Waals surface area contributed by atoms with Crippen LogP contribution in [-0.2, 0) is 9.59 Å². The van der Waals surface area contributed by atoms with Gasteiger partial charge in [0.15, 0.2) is 0 Å². The molecule has 2 atom stereocenters. The van der Waals surface area contributed by atoms with E-state index in [1.807, 2.05) is 0 Å². The number of nitrogens with one attached hydrogen (secondary N) is 1. The third-order valence-electron chi connectivity index (χ3n) is 2.59. The van der Waals surface area contributed by atoms with Crippen molar-refractivity contribution in [1.82, 2.24) is 5.32 Å². The molecule has 0 radical (unpaired) electrons. The average Bonchev–Trinajstić information content (AvgIpc) is 2.41. The van der Waals surface area contributed by atoms with Crippen LogP contribution < -0.4 is 5.32 Å². The molecule has 0 heterocycles. The van der Waals surface area contributed by atoms with Gasteiger partial charge in [0, 0.05) is 16.3 Å². The minimum atomic E-state index is -2.83. The zero-order valence-electron chi connectivity index (χ0n) is 11.4. The van der Waals surface area contributed by atoms with Gasteiger partial charge in [-0.1, -0.05) is 23.2 Å². The van der Waals surface area contributed by atoms with Crippen molar-refractivity contribution >= 4 is 46.8 Å². The van der Waals surface area contributed by atoms with Crippen LogP contribution in [0.5, 0.6) is 0 Å². The summed E-state index contributed by atoms with van der Waals surface area (Å²) in [7, 11) is 0. The lowest BCUT2D eigenvalue weighted by atomic mass is 10.2. The summed E-state index contributed by atoms with van der Waals surface area (Å²) in [5.41, 5.74) is 0. The van der Waals surface area contributed by atoms with E-state index in [0.717, 1.165) is 11.8 Å². The van der Waals surface area contributed by atoms with Crippen molar-refractivity contribution in [2.45, 2.75) is 36.0 Å². The number of carboxylic acids is 1. The maximum absolute atomic E-state index is 12.3. The Morgan fingerprint density at radius 3 is 2.55 bits per heavy atom. The summed E-state index contributed by atoms with van der Waals surface area (Å²) in [6, 6.07) is 3.08. The summed E-state index contributed by atoms with van der Waals surface area (Å²) in [5.74, 6) is -2.18. The molecule has 0 aliphatic rings. The van der Waals surface area contributed by atoms with Gasteiger partial charge in [-0.3, -0.25) is 4.79 Å². The van der Waals surface area contributed by atoms with Gasteiger partial charge < -0.3 is 10.4 Å². The molecule has 0 aliphatic heterocycles. The lowest BCUT2D eigenvalue weighted by Gasteiger charge is -2.17. The molecule has 122 valence electrons. The first-order valence-electron chi connectivity index (χ1n) is 6.13. The molecular weight excluding hydrogens is 359 g/mol. The molecule has 1 rings (SSSR count). The number of aliphatic carboxylic acids is 1. The SMILES string of the molecule is CC(Sc1cc(Cl)ccc1Cl)C(=O)NC(CC(F)F)C(=O)O. The normalized spacial score (nSPS) is 13.7. The first-order valence-corrected chi connectivity index (χ1v) is 7.77. The number of amides is 1. The molecule has 0 saturated heterocycles. The molecule has 2 unspecified atom stereocenters. The van der Waals surface area contributed by atoms with Gasteiger partial charge in [0.2, 0.25) is 12.3 Å². The second kappa shape index (κ2) is 8.55. The van der Waals surface area contributed by atoms with Gasteiger partial charge in [-0.25, -0.2) is 13.6 Å². The summed E-state index contributed by atoms with van der Waals surface area (Å²) in [6.07, 6.45) is -3.78. The standard InChI is InChI=1S/C13H13Cl2F2NO3S/c1-6(22-10-4-7(14)2-3-8(10)15)12(19)18-9(13(20)21)5-11(16)17/h2-4,6,9,11H,5H2,1H3,(H,18,19)(H,20,21). The molecule has 0 aliphatic carbocycles. The summed E-state index contributed by atoms with van der Waals surface area (Å²) < 4.78 is 24.6. The van der Waals surface area contributed by atoms with Gasteiger partial charge in [-0.15, -0.1) is 11.8 Å². The molecule has 2 N–H and O–H groups in total. The molecule has 4 nitrogen and oxygen atoms in total. The van der Waals surface area contributed by atoms with E-state index in [2.05, 4.69) is 5.32 Å². The van der Waals surface area contributed by atoms with E-state index in [1.165, 1.54) is 6.92 Å². The Morgan fingerprint density at radius 1 is 1.36 bits per heavy atom. The minimum Gasteiger partial charge on any atom is -0.480 e. The Kier molecular flexibility index (Phi) is 7.38. The average molecular weight is 372 g/mol. The minimum absolute atomic E-state index is 0.386. The van der Waals surface area contributed by atoms with Crippen LogP contribution in [0.4, 0.5) is 8.78 Å². The number of halogens is 4. The lowest BCUT2D eigenvalue weighted by molar-refractivity contribution is -0.142. The van der Waals surface area contributed by atoms with Crippen molar-refractivity contribution in [3.05, 3.63) is 28.2 Å². The maximum Gasteiger partial charge on any atom is 0.326 e. The first kappa shape index (κ1) is 19.0. The zero-order valence-corrected chi connectivity index (χ0v) is 13.7. The van der Waals surface area contributed by atoms with Gasteiger partial charge in [-0.2, -0.15) is 0 Å². The Hall–Kier alpha value is -1.05. The highest BCUT2D eigenvalue weighted by molar-refractivity contribution is 8.00. The molecule has 0 bridgehead atoms. The van der Waals surface area contributed by atoms with Crippen LogP contribution in [0.1, 0.15) is 13.3 Å². The Bertz CT molecular complexity index is 560. The molecular formula is C13H13Cl2F2NO3S. The second-order valence-electron chi connectivity index (χ2n) is 4.36. The van der Waals surface area contributed by atoms with Gasteiger partial charge in [0.1, 0.15) is 6.04 Å². The largest absolute Gasteiger partial charge is 0.480 e. The number of benzene rings is 1. The van der Waals surface area contributed by atoms with Crippen molar-refractivity contribution in [3.63, 3.8) is 0 Å². The zero-order chi connectivity index (χ0) is 16.9. The van der Waals surface area contributed by atoms with E-state index in [4.69, 9.17) is 28.3 Å². The third kappa shape index (κ3) is 5.98. The van der Waals surface area contributed by atoms with Crippen molar-refractivity contribution in [2.75, 3.05) is 0 Å². The number of hydrogen-bond acceptors (Lipinski definition) is 3. The van der Waals surface area contributed by atoms with Crippen LogP contribution in [0.15, 0.2) is 23.1 Å². The van der Waals surface area contributed by atoms with Crippen molar-refractivity contribution in [3.8, 4) is 0 Å². The van der Waals surface area contributed by atoms with Gasteiger partial charge >= 0.3 is 5.97 Å². The van der Waals surface area contributed by atoms with Crippen LogP contribution in [0, 0.1) is 0 Å². The summed E-state index contributed by atoms with van der Waals surface area (Å²) in [5, 5.41) is 11.0. The van der Waals surface area contributed by atoms with Crippen LogP contribution in [0.3, 0.4) is 0 Å². The van der Waals surface area contributed by atoms with Crippen LogP contribution in [0.25, 0.3) is 0 Å². The Morgan fingerprint density at radius 2 is 2.00 bits per heavy atom. The van der Waals surface area contributed by atoms with E-state index in [-0.39, 0.29) is 0 Å². The van der Waals surface area contributed by atoms with Crippen molar-refractivity contribution in [2.24, 2.45) is 0 Å². The van der Waals surface area contributed by atoms with Gasteiger partial charge in [0.25, 0.3) is 0 Å². The molecule has 1 aromatic rings. The predicted molar refractivity (Wildman–Crippen MR) is 82.0 cm³/mol. The maximum atomic E-state index is 12.3. The monoisotopic (exact) mass is 371 g/mol. The fourth-order valence-corrected chi connectivity index (χ4v) is 2.92. The predicted octanol–water partition coefficient (Wildman–Crippen LogP) is 3.70. The summed E-state index contributed by atoms with van der Waals surface area (Å²) in [6.45, 7) is 1.51. The highest BCUT2D eigenvalue weighted by atomic mass is 35.5. The fourth-order valence-electron chi connectivity index (χ4n) is 1.50. The smallest absolute Gasteiger partial charge is 0.326 e. The molecule has 1 aromatic carbocycles. The molecule has 0 spiro atoms. The quantitative estimate of drug-likeness (QED) is 0.717. The van der Waals surface area contributed by atoms with Crippen LogP contribution in [0.2, 0.25) is 10.0 Å². The second-order valence-corrected chi connectivity index (χ2v) is 6.59.